The summed E-state index contributed by atoms with van der Waals surface area (Å²) in [5.74, 6) is 0.190. The number of Topliss-reactive ketones (excluding diaryl/α,β-unsaturated/α-hetero) is 1. The largest absolute Gasteiger partial charge is 0.507 e. The lowest BCUT2D eigenvalue weighted by Crippen LogP contribution is -2.30. The van der Waals surface area contributed by atoms with Crippen molar-refractivity contribution in [1.29, 1.82) is 0 Å². The molecule has 1 unspecified atom stereocenters. The van der Waals surface area contributed by atoms with Gasteiger partial charge in [0.2, 0.25) is 0 Å². The number of hydrogen-bond donors (Lipinski definition) is 1. The maximum atomic E-state index is 13.2. The molecule has 3 rings (SSSR count). The van der Waals surface area contributed by atoms with E-state index in [1.54, 1.807) is 42.5 Å². The van der Waals surface area contributed by atoms with Crippen molar-refractivity contribution < 1.29 is 28.9 Å². The van der Waals surface area contributed by atoms with Gasteiger partial charge in [-0.3, -0.25) is 9.59 Å². The van der Waals surface area contributed by atoms with Crippen LogP contribution in [0.4, 0.5) is 0 Å². The van der Waals surface area contributed by atoms with Crippen molar-refractivity contribution in [1.82, 2.24) is 4.90 Å². The number of ether oxygens (including phenoxy) is 3. The number of aliphatic hydroxyl groups excluding tert-OH is 1. The summed E-state index contributed by atoms with van der Waals surface area (Å²) >= 11 is 0. The molecule has 1 aliphatic heterocycles. The summed E-state index contributed by atoms with van der Waals surface area (Å²) in [6.45, 7) is 7.00. The van der Waals surface area contributed by atoms with Gasteiger partial charge in [0.25, 0.3) is 11.7 Å². The molecule has 7 nitrogen and oxygen atoms in total. The predicted molar refractivity (Wildman–Crippen MR) is 130 cm³/mol. The number of amides is 1. The van der Waals surface area contributed by atoms with Crippen LogP contribution < -0.4 is 14.2 Å². The van der Waals surface area contributed by atoms with Crippen molar-refractivity contribution in [2.75, 3.05) is 27.4 Å². The highest BCUT2D eigenvalue weighted by Gasteiger charge is 2.47. The van der Waals surface area contributed by atoms with Gasteiger partial charge in [-0.1, -0.05) is 51.5 Å². The fraction of sp³-hybridized carbons (Fsp3) is 0.407. The number of benzene rings is 2. The van der Waals surface area contributed by atoms with Crippen LogP contribution in [0.25, 0.3) is 5.76 Å². The Hall–Kier alpha value is -3.48. The monoisotopic (exact) mass is 467 g/mol. The molecule has 2 aromatic rings. The second kappa shape index (κ2) is 11.1. The van der Waals surface area contributed by atoms with Gasteiger partial charge in [0.1, 0.15) is 11.5 Å². The minimum atomic E-state index is -0.808. The molecule has 0 saturated carbocycles. The summed E-state index contributed by atoms with van der Waals surface area (Å²) in [6.07, 6.45) is 1.56. The molecule has 0 aromatic heterocycles. The lowest BCUT2D eigenvalue weighted by molar-refractivity contribution is -0.139. The quantitative estimate of drug-likeness (QED) is 0.302. The topological polar surface area (TPSA) is 85.3 Å². The van der Waals surface area contributed by atoms with E-state index in [0.29, 0.717) is 53.9 Å². The molecule has 1 amide bonds. The summed E-state index contributed by atoms with van der Waals surface area (Å²) in [5, 5.41) is 11.3. The zero-order chi connectivity index (χ0) is 24.8. The van der Waals surface area contributed by atoms with E-state index >= 15 is 0 Å². The molecular formula is C27H33NO6. The number of aliphatic hydroxyl groups is 1. The SMILES string of the molecule is CCCCN1C(=O)C(=O)/C(=C(/O)c2cccc(OCC(C)C)c2)C1c1cccc(OC)c1OC. The Labute approximate surface area is 200 Å². The van der Waals surface area contributed by atoms with Crippen molar-refractivity contribution in [3.63, 3.8) is 0 Å². The summed E-state index contributed by atoms with van der Waals surface area (Å²) in [5.41, 5.74) is 1.00. The van der Waals surface area contributed by atoms with E-state index in [0.717, 1.165) is 6.42 Å². The Morgan fingerprint density at radius 2 is 1.82 bits per heavy atom. The second-order valence-electron chi connectivity index (χ2n) is 8.66. The minimum Gasteiger partial charge on any atom is -0.507 e. The first-order chi connectivity index (χ1) is 16.3. The van der Waals surface area contributed by atoms with E-state index in [1.807, 2.05) is 20.8 Å². The highest BCUT2D eigenvalue weighted by atomic mass is 16.5. The van der Waals surface area contributed by atoms with E-state index in [-0.39, 0.29) is 11.3 Å². The van der Waals surface area contributed by atoms with Crippen LogP contribution >= 0.6 is 0 Å². The van der Waals surface area contributed by atoms with Crippen LogP contribution in [0.3, 0.4) is 0 Å². The maximum absolute atomic E-state index is 13.2. The molecule has 182 valence electrons. The van der Waals surface area contributed by atoms with Crippen molar-refractivity contribution >= 4 is 17.4 Å². The normalized spacial score (nSPS) is 17.4. The number of para-hydroxylation sites is 1. The molecule has 1 N–H and O–H groups in total. The van der Waals surface area contributed by atoms with Gasteiger partial charge in [0.05, 0.1) is 32.4 Å². The summed E-state index contributed by atoms with van der Waals surface area (Å²) in [6, 6.07) is 11.4. The van der Waals surface area contributed by atoms with Crippen molar-refractivity contribution in [3.05, 3.63) is 59.2 Å². The molecule has 1 atom stereocenters. The third-order valence-electron chi connectivity index (χ3n) is 5.71. The summed E-state index contributed by atoms with van der Waals surface area (Å²) < 4.78 is 16.8. The molecule has 7 heteroatoms. The first kappa shape index (κ1) is 25.1. The lowest BCUT2D eigenvalue weighted by Gasteiger charge is -2.27. The highest BCUT2D eigenvalue weighted by molar-refractivity contribution is 6.46. The zero-order valence-electron chi connectivity index (χ0n) is 20.5. The van der Waals surface area contributed by atoms with Gasteiger partial charge in [0, 0.05) is 17.7 Å². The molecule has 1 saturated heterocycles. The Morgan fingerprint density at radius 3 is 2.47 bits per heavy atom. The van der Waals surface area contributed by atoms with Gasteiger partial charge in [-0.05, 0) is 30.5 Å². The van der Waals surface area contributed by atoms with Crippen LogP contribution in [-0.4, -0.2) is 49.1 Å². The first-order valence-electron chi connectivity index (χ1n) is 11.6. The smallest absolute Gasteiger partial charge is 0.295 e. The molecule has 1 fully saturated rings. The van der Waals surface area contributed by atoms with Gasteiger partial charge in [0.15, 0.2) is 11.5 Å². The van der Waals surface area contributed by atoms with E-state index in [2.05, 4.69) is 0 Å². The molecule has 1 heterocycles. The number of likely N-dealkylation sites (tertiary alicyclic amines) is 1. The molecule has 34 heavy (non-hydrogen) atoms. The maximum Gasteiger partial charge on any atom is 0.295 e. The average Bonchev–Trinajstić information content (AvgIpc) is 3.09. The van der Waals surface area contributed by atoms with Crippen LogP contribution in [-0.2, 0) is 9.59 Å². The molecular weight excluding hydrogens is 434 g/mol. The molecule has 0 aliphatic carbocycles. The van der Waals surface area contributed by atoms with Gasteiger partial charge < -0.3 is 24.2 Å². The van der Waals surface area contributed by atoms with E-state index < -0.39 is 17.7 Å². The third-order valence-corrected chi connectivity index (χ3v) is 5.71. The highest BCUT2D eigenvalue weighted by Crippen LogP contribution is 2.45. The number of rotatable bonds is 10. The average molecular weight is 468 g/mol. The number of ketones is 1. The fourth-order valence-electron chi connectivity index (χ4n) is 4.04. The van der Waals surface area contributed by atoms with Gasteiger partial charge in [-0.2, -0.15) is 0 Å². The number of hydrogen-bond acceptors (Lipinski definition) is 6. The minimum absolute atomic E-state index is 0.0219. The third kappa shape index (κ3) is 5.03. The van der Waals surface area contributed by atoms with Crippen molar-refractivity contribution in [2.45, 2.75) is 39.7 Å². The van der Waals surface area contributed by atoms with Crippen LogP contribution in [0.2, 0.25) is 0 Å². The number of unbranched alkanes of at least 4 members (excludes halogenated alkanes) is 1. The van der Waals surface area contributed by atoms with E-state index in [4.69, 9.17) is 14.2 Å². The molecule has 0 radical (unpaired) electrons. The Kier molecular flexibility index (Phi) is 8.21. The predicted octanol–water partition coefficient (Wildman–Crippen LogP) is 4.96. The fourth-order valence-corrected chi connectivity index (χ4v) is 4.04. The molecule has 0 spiro atoms. The lowest BCUT2D eigenvalue weighted by atomic mass is 9.94. The van der Waals surface area contributed by atoms with Crippen molar-refractivity contribution in [2.24, 2.45) is 5.92 Å². The van der Waals surface area contributed by atoms with Crippen molar-refractivity contribution in [3.8, 4) is 17.2 Å². The summed E-state index contributed by atoms with van der Waals surface area (Å²) in [7, 11) is 3.04. The van der Waals surface area contributed by atoms with E-state index in [1.165, 1.54) is 19.1 Å². The number of carbonyl (C=O) groups is 2. The van der Waals surface area contributed by atoms with Crippen LogP contribution in [0.5, 0.6) is 17.2 Å². The standard InChI is InChI=1S/C27H33NO6/c1-6-7-14-28-23(20-12-9-13-21(32-4)26(20)33-5)22(25(30)27(28)31)24(29)18-10-8-11-19(15-18)34-16-17(2)3/h8-13,15,17,23,29H,6-7,14,16H2,1-5H3/b24-22+. The van der Waals surface area contributed by atoms with Gasteiger partial charge >= 0.3 is 0 Å². The van der Waals surface area contributed by atoms with Crippen LogP contribution in [0.1, 0.15) is 50.8 Å². The second-order valence-corrected chi connectivity index (χ2v) is 8.66. The number of nitrogens with zero attached hydrogens (tertiary/aromatic N) is 1. The zero-order valence-corrected chi connectivity index (χ0v) is 20.5. The number of carbonyl (C=O) groups excluding carboxylic acids is 2. The molecule has 2 aromatic carbocycles. The molecule has 0 bridgehead atoms. The molecule has 1 aliphatic rings. The number of methoxy groups -OCH3 is 2. The Morgan fingerprint density at radius 1 is 1.09 bits per heavy atom. The Balaban J connectivity index is 2.18. The van der Waals surface area contributed by atoms with Gasteiger partial charge in [-0.25, -0.2) is 0 Å². The van der Waals surface area contributed by atoms with Gasteiger partial charge in [-0.15, -0.1) is 0 Å². The Bertz CT molecular complexity index is 1070. The summed E-state index contributed by atoms with van der Waals surface area (Å²) in [4.78, 5) is 27.8. The van der Waals surface area contributed by atoms with E-state index in [9.17, 15) is 14.7 Å². The first-order valence-corrected chi connectivity index (χ1v) is 11.6. The van der Waals surface area contributed by atoms with Crippen LogP contribution in [0, 0.1) is 5.92 Å². The van der Waals surface area contributed by atoms with Crippen LogP contribution in [0.15, 0.2) is 48.0 Å².